The molecule has 2 aliphatic heterocycles. The summed E-state index contributed by atoms with van der Waals surface area (Å²) in [5.41, 5.74) is 3.11. The fraction of sp³-hybridized carbons (Fsp3) is 0.417. The smallest absolute Gasteiger partial charge is 0.253 e. The van der Waals surface area contributed by atoms with Crippen LogP contribution in [0.25, 0.3) is 0 Å². The van der Waals surface area contributed by atoms with Crippen molar-refractivity contribution in [2.24, 2.45) is 5.92 Å². The second-order valence-electron chi connectivity index (χ2n) is 8.08. The number of carbonyl (C=O) groups is 2. The summed E-state index contributed by atoms with van der Waals surface area (Å²) < 4.78 is 0. The second-order valence-corrected chi connectivity index (χ2v) is 8.08. The third kappa shape index (κ3) is 4.44. The van der Waals surface area contributed by atoms with Crippen LogP contribution in [0.5, 0.6) is 0 Å². The molecule has 2 aliphatic rings. The highest BCUT2D eigenvalue weighted by atomic mass is 16.2. The van der Waals surface area contributed by atoms with E-state index in [4.69, 9.17) is 0 Å². The zero-order chi connectivity index (χ0) is 20.2. The normalized spacial score (nSPS) is 18.0. The summed E-state index contributed by atoms with van der Waals surface area (Å²) in [5, 5.41) is 0. The number of para-hydroxylation sites is 1. The van der Waals surface area contributed by atoms with Gasteiger partial charge in [-0.05, 0) is 44.0 Å². The van der Waals surface area contributed by atoms with Crippen molar-refractivity contribution >= 4 is 17.5 Å². The Hall–Kier alpha value is -2.82. The van der Waals surface area contributed by atoms with Gasteiger partial charge < -0.3 is 14.7 Å². The molecule has 0 unspecified atom stereocenters. The lowest BCUT2D eigenvalue weighted by atomic mass is 9.94. The SMILES string of the molecule is Cc1ccc(C(=O)N2CCC(C(=O)N3CCN(c4ccccc4)CC3)CC2)cc1. The minimum Gasteiger partial charge on any atom is -0.368 e. The molecular weight excluding hydrogens is 362 g/mol. The van der Waals surface area contributed by atoms with Crippen LogP contribution in [0.15, 0.2) is 54.6 Å². The van der Waals surface area contributed by atoms with Crippen LogP contribution < -0.4 is 4.90 Å². The summed E-state index contributed by atoms with van der Waals surface area (Å²) in [7, 11) is 0. The van der Waals surface area contributed by atoms with Crippen molar-refractivity contribution in [3.63, 3.8) is 0 Å². The molecule has 2 fully saturated rings. The first-order valence-corrected chi connectivity index (χ1v) is 10.6. The van der Waals surface area contributed by atoms with Crippen LogP contribution in [0, 0.1) is 12.8 Å². The van der Waals surface area contributed by atoms with E-state index in [1.165, 1.54) is 5.69 Å². The van der Waals surface area contributed by atoms with Gasteiger partial charge in [-0.15, -0.1) is 0 Å². The number of hydrogen-bond acceptors (Lipinski definition) is 3. The van der Waals surface area contributed by atoms with Crippen LogP contribution in [-0.4, -0.2) is 60.9 Å². The Bertz CT molecular complexity index is 834. The van der Waals surface area contributed by atoms with Crippen LogP contribution in [0.4, 0.5) is 5.69 Å². The first-order valence-electron chi connectivity index (χ1n) is 10.6. The molecule has 2 heterocycles. The average molecular weight is 392 g/mol. The number of nitrogens with zero attached hydrogens (tertiary/aromatic N) is 3. The van der Waals surface area contributed by atoms with Gasteiger partial charge in [-0.3, -0.25) is 9.59 Å². The molecule has 0 aromatic heterocycles. The van der Waals surface area contributed by atoms with Crippen molar-refractivity contribution in [3.8, 4) is 0 Å². The maximum atomic E-state index is 13.0. The molecule has 4 rings (SSSR count). The highest BCUT2D eigenvalue weighted by Gasteiger charge is 2.32. The zero-order valence-electron chi connectivity index (χ0n) is 17.1. The van der Waals surface area contributed by atoms with E-state index in [0.717, 1.165) is 50.1 Å². The number of aryl methyl sites for hydroxylation is 1. The lowest BCUT2D eigenvalue weighted by Gasteiger charge is -2.39. The Balaban J connectivity index is 1.27. The van der Waals surface area contributed by atoms with E-state index in [1.807, 2.05) is 47.1 Å². The van der Waals surface area contributed by atoms with Crippen LogP contribution in [0.3, 0.4) is 0 Å². The molecule has 0 bridgehead atoms. The molecule has 5 heteroatoms. The summed E-state index contributed by atoms with van der Waals surface area (Å²) in [5.74, 6) is 0.382. The standard InChI is InChI=1S/C24H29N3O2/c1-19-7-9-20(10-8-19)23(28)26-13-11-21(12-14-26)24(29)27-17-15-25(16-18-27)22-5-3-2-4-6-22/h2-10,21H,11-18H2,1H3. The summed E-state index contributed by atoms with van der Waals surface area (Å²) in [4.78, 5) is 31.9. The molecule has 0 N–H and O–H groups in total. The third-order valence-corrected chi connectivity index (χ3v) is 6.14. The largest absolute Gasteiger partial charge is 0.368 e. The highest BCUT2D eigenvalue weighted by molar-refractivity contribution is 5.94. The van der Waals surface area contributed by atoms with Gasteiger partial charge >= 0.3 is 0 Å². The first kappa shape index (κ1) is 19.5. The molecule has 29 heavy (non-hydrogen) atoms. The fourth-order valence-electron chi connectivity index (χ4n) is 4.29. The predicted molar refractivity (Wildman–Crippen MR) is 115 cm³/mol. The van der Waals surface area contributed by atoms with Crippen molar-refractivity contribution in [2.75, 3.05) is 44.2 Å². The summed E-state index contributed by atoms with van der Waals surface area (Å²) in [6, 6.07) is 18.1. The first-order chi connectivity index (χ1) is 14.1. The molecule has 0 radical (unpaired) electrons. The van der Waals surface area contributed by atoms with E-state index in [2.05, 4.69) is 29.2 Å². The Kier molecular flexibility index (Phi) is 5.84. The van der Waals surface area contributed by atoms with E-state index >= 15 is 0 Å². The van der Waals surface area contributed by atoms with Gasteiger partial charge in [0.05, 0.1) is 0 Å². The van der Waals surface area contributed by atoms with Gasteiger partial charge in [-0.1, -0.05) is 35.9 Å². The maximum Gasteiger partial charge on any atom is 0.253 e. The van der Waals surface area contributed by atoms with E-state index < -0.39 is 0 Å². The molecule has 0 spiro atoms. The van der Waals surface area contributed by atoms with Crippen molar-refractivity contribution in [2.45, 2.75) is 19.8 Å². The lowest BCUT2D eigenvalue weighted by Crippen LogP contribution is -2.52. The Morgan fingerprint density at radius 2 is 1.38 bits per heavy atom. The molecule has 0 aliphatic carbocycles. The van der Waals surface area contributed by atoms with Crippen LogP contribution in [0.2, 0.25) is 0 Å². The number of rotatable bonds is 3. The molecule has 152 valence electrons. The number of piperazine rings is 1. The van der Waals surface area contributed by atoms with Crippen molar-refractivity contribution in [1.82, 2.24) is 9.80 Å². The fourth-order valence-corrected chi connectivity index (χ4v) is 4.29. The van der Waals surface area contributed by atoms with Crippen LogP contribution in [-0.2, 0) is 4.79 Å². The highest BCUT2D eigenvalue weighted by Crippen LogP contribution is 2.23. The summed E-state index contributed by atoms with van der Waals surface area (Å²) >= 11 is 0. The average Bonchev–Trinajstić information content (AvgIpc) is 2.79. The van der Waals surface area contributed by atoms with E-state index in [1.54, 1.807) is 0 Å². The molecule has 2 saturated heterocycles. The van der Waals surface area contributed by atoms with Gasteiger partial charge in [0.2, 0.25) is 5.91 Å². The number of amides is 2. The minimum absolute atomic E-state index is 0.0420. The van der Waals surface area contributed by atoms with Gasteiger partial charge in [0.25, 0.3) is 5.91 Å². The van der Waals surface area contributed by atoms with Gasteiger partial charge in [-0.2, -0.15) is 0 Å². The quantitative estimate of drug-likeness (QED) is 0.807. The van der Waals surface area contributed by atoms with Gasteiger partial charge in [0.1, 0.15) is 0 Å². The monoisotopic (exact) mass is 391 g/mol. The number of benzene rings is 2. The van der Waals surface area contributed by atoms with Gasteiger partial charge in [0.15, 0.2) is 0 Å². The zero-order valence-corrected chi connectivity index (χ0v) is 17.1. The molecular formula is C24H29N3O2. The van der Waals surface area contributed by atoms with E-state index in [9.17, 15) is 9.59 Å². The van der Waals surface area contributed by atoms with Crippen LogP contribution in [0.1, 0.15) is 28.8 Å². The topological polar surface area (TPSA) is 43.9 Å². The number of piperidine rings is 1. The van der Waals surface area contributed by atoms with Gasteiger partial charge in [0, 0.05) is 56.4 Å². The molecule has 2 aromatic rings. The number of carbonyl (C=O) groups excluding carboxylic acids is 2. The number of anilines is 1. The summed E-state index contributed by atoms with van der Waals surface area (Å²) in [6.45, 7) is 6.64. The van der Waals surface area contributed by atoms with Crippen molar-refractivity contribution in [1.29, 1.82) is 0 Å². The third-order valence-electron chi connectivity index (χ3n) is 6.14. The molecule has 0 atom stereocenters. The van der Waals surface area contributed by atoms with Gasteiger partial charge in [-0.25, -0.2) is 0 Å². The molecule has 2 aromatic carbocycles. The minimum atomic E-state index is 0.0420. The van der Waals surface area contributed by atoms with E-state index in [-0.39, 0.29) is 17.7 Å². The number of hydrogen-bond donors (Lipinski definition) is 0. The Labute approximate surface area is 172 Å². The van der Waals surface area contributed by atoms with Crippen molar-refractivity contribution < 1.29 is 9.59 Å². The van der Waals surface area contributed by atoms with Crippen molar-refractivity contribution in [3.05, 3.63) is 65.7 Å². The summed E-state index contributed by atoms with van der Waals surface area (Å²) in [6.07, 6.45) is 1.52. The molecule has 0 saturated carbocycles. The Morgan fingerprint density at radius 1 is 0.759 bits per heavy atom. The second kappa shape index (κ2) is 8.68. The maximum absolute atomic E-state index is 13.0. The molecule has 2 amide bonds. The van der Waals surface area contributed by atoms with Crippen LogP contribution >= 0.6 is 0 Å². The lowest BCUT2D eigenvalue weighted by molar-refractivity contribution is -0.137. The number of likely N-dealkylation sites (tertiary alicyclic amines) is 1. The predicted octanol–water partition coefficient (Wildman–Crippen LogP) is 3.20. The molecule has 5 nitrogen and oxygen atoms in total. The van der Waals surface area contributed by atoms with E-state index in [0.29, 0.717) is 13.1 Å². The Morgan fingerprint density at radius 3 is 2.00 bits per heavy atom.